The van der Waals surface area contributed by atoms with Crippen LogP contribution in [0.4, 0.5) is 0 Å². The van der Waals surface area contributed by atoms with Gasteiger partial charge in [-0.25, -0.2) is 0 Å². The third-order valence-electron chi connectivity index (χ3n) is 8.31. The number of hydrogen-bond donors (Lipinski definition) is 2. The molecule has 0 amide bonds. The fraction of sp³-hybridized carbons (Fsp3) is 0.400. The molecule has 236 valence electrons. The van der Waals surface area contributed by atoms with Crippen LogP contribution in [0.25, 0.3) is 0 Å². The van der Waals surface area contributed by atoms with E-state index in [0.29, 0.717) is 24.0 Å². The lowest BCUT2D eigenvalue weighted by Gasteiger charge is -2.34. The Morgan fingerprint density at radius 1 is 0.568 bits per heavy atom. The van der Waals surface area contributed by atoms with Crippen LogP contribution in [0, 0.1) is 10.8 Å². The van der Waals surface area contributed by atoms with Crippen LogP contribution in [0.3, 0.4) is 0 Å². The van der Waals surface area contributed by atoms with E-state index in [1.165, 1.54) is 0 Å². The molecule has 0 aromatic carbocycles. The van der Waals surface area contributed by atoms with Crippen LogP contribution in [-0.4, -0.2) is 34.0 Å². The molecule has 2 N–H and O–H groups in total. The number of allylic oxidation sites excluding steroid dienone is 20. The maximum absolute atomic E-state index is 12.2. The van der Waals surface area contributed by atoms with Gasteiger partial charge < -0.3 is 10.2 Å². The molecule has 2 unspecified atom stereocenters. The number of carbonyl (C=O) groups is 2. The number of Topliss-reactive ketones (excluding diaryl/α,β-unsaturated/α-hetero) is 2. The molecule has 0 saturated heterocycles. The van der Waals surface area contributed by atoms with Gasteiger partial charge in [0.1, 0.15) is 12.2 Å². The van der Waals surface area contributed by atoms with Gasteiger partial charge in [-0.2, -0.15) is 0 Å². The molecule has 2 atom stereocenters. The maximum atomic E-state index is 12.2. The Bertz CT molecular complexity index is 1340. The smallest absolute Gasteiger partial charge is 0.187 e. The maximum Gasteiger partial charge on any atom is 0.187 e. The van der Waals surface area contributed by atoms with Crippen molar-refractivity contribution in [3.8, 4) is 0 Å². The van der Waals surface area contributed by atoms with E-state index in [1.807, 2.05) is 74.6 Å². The predicted octanol–water partition coefficient (Wildman–Crippen LogP) is 8.91. The standard InChI is InChI=1S/C40H52O4/c1-27(17-13-19-29(3)21-23-33-31(5)37(43)35(41)25-39(33,7)8)15-11-12-16-28(2)18-14-20-30(4)22-24-34-32(6)38(44)36(42)26-40(34,9)10/h11-24,35-36,41-42H,25-26H2,1-10H3/b12-11+,17-13+,18-14+,23-21+,24-22+,27-15-,28-16+,29-19+,30-20+. The lowest BCUT2D eigenvalue weighted by atomic mass is 9.71. The topological polar surface area (TPSA) is 74.6 Å². The Hall–Kier alpha value is -3.60. The molecule has 0 heterocycles. The van der Waals surface area contributed by atoms with E-state index < -0.39 is 12.2 Å². The average molecular weight is 597 g/mol. The van der Waals surface area contributed by atoms with Crippen LogP contribution in [0.15, 0.2) is 130 Å². The Morgan fingerprint density at radius 3 is 1.20 bits per heavy atom. The van der Waals surface area contributed by atoms with Gasteiger partial charge in [0.05, 0.1) is 0 Å². The van der Waals surface area contributed by atoms with E-state index in [-0.39, 0.29) is 22.4 Å². The van der Waals surface area contributed by atoms with E-state index in [9.17, 15) is 19.8 Å². The molecule has 4 nitrogen and oxygen atoms in total. The molecule has 2 aliphatic carbocycles. The molecule has 0 spiro atoms. The Kier molecular flexibility index (Phi) is 13.2. The molecule has 2 rings (SSSR count). The zero-order chi connectivity index (χ0) is 33.2. The van der Waals surface area contributed by atoms with Crippen molar-refractivity contribution in [1.82, 2.24) is 0 Å². The fourth-order valence-corrected chi connectivity index (χ4v) is 5.62. The first kappa shape index (κ1) is 36.6. The van der Waals surface area contributed by atoms with E-state index >= 15 is 0 Å². The average Bonchev–Trinajstić information content (AvgIpc) is 2.92. The van der Waals surface area contributed by atoms with Crippen LogP contribution in [0.5, 0.6) is 0 Å². The largest absolute Gasteiger partial charge is 0.385 e. The van der Waals surface area contributed by atoms with E-state index in [0.717, 1.165) is 33.4 Å². The van der Waals surface area contributed by atoms with Crippen LogP contribution >= 0.6 is 0 Å². The number of ketones is 2. The van der Waals surface area contributed by atoms with Gasteiger partial charge in [0.25, 0.3) is 0 Å². The van der Waals surface area contributed by atoms with Gasteiger partial charge in [0, 0.05) is 0 Å². The summed E-state index contributed by atoms with van der Waals surface area (Å²) < 4.78 is 0. The van der Waals surface area contributed by atoms with Crippen molar-refractivity contribution < 1.29 is 19.8 Å². The fourth-order valence-electron chi connectivity index (χ4n) is 5.62. The summed E-state index contributed by atoms with van der Waals surface area (Å²) in [6.07, 6.45) is 27.5. The van der Waals surface area contributed by atoms with Crippen LogP contribution in [-0.2, 0) is 9.59 Å². The van der Waals surface area contributed by atoms with E-state index in [2.05, 4.69) is 65.8 Å². The molecular formula is C40H52O4. The van der Waals surface area contributed by atoms with Crippen LogP contribution in [0.1, 0.15) is 82.1 Å². The van der Waals surface area contributed by atoms with Crippen molar-refractivity contribution in [2.24, 2.45) is 10.8 Å². The highest BCUT2D eigenvalue weighted by Gasteiger charge is 2.37. The zero-order valence-electron chi connectivity index (χ0n) is 28.4. The monoisotopic (exact) mass is 596 g/mol. The summed E-state index contributed by atoms with van der Waals surface area (Å²) in [6, 6.07) is 0. The Labute approximate surface area is 265 Å². The summed E-state index contributed by atoms with van der Waals surface area (Å²) >= 11 is 0. The summed E-state index contributed by atoms with van der Waals surface area (Å²) in [5.74, 6) is -0.350. The van der Waals surface area contributed by atoms with Gasteiger partial charge in [0.2, 0.25) is 0 Å². The summed E-state index contributed by atoms with van der Waals surface area (Å²) in [4.78, 5) is 24.5. The minimum atomic E-state index is -0.907. The Balaban J connectivity index is 1.95. The first-order valence-corrected chi connectivity index (χ1v) is 15.4. The van der Waals surface area contributed by atoms with Crippen molar-refractivity contribution in [3.63, 3.8) is 0 Å². The second kappa shape index (κ2) is 15.9. The molecule has 0 saturated carbocycles. The molecule has 0 aromatic heterocycles. The quantitative estimate of drug-likeness (QED) is 0.247. The number of aliphatic hydroxyl groups excluding tert-OH is 2. The molecule has 0 radical (unpaired) electrons. The second-order valence-corrected chi connectivity index (χ2v) is 13.4. The molecular weight excluding hydrogens is 544 g/mol. The minimum absolute atomic E-state index is 0.175. The summed E-state index contributed by atoms with van der Waals surface area (Å²) in [6.45, 7) is 20.0. The van der Waals surface area contributed by atoms with Gasteiger partial charge in [-0.05, 0) is 87.5 Å². The molecule has 0 bridgehead atoms. The van der Waals surface area contributed by atoms with Crippen molar-refractivity contribution in [3.05, 3.63) is 130 Å². The van der Waals surface area contributed by atoms with Crippen molar-refractivity contribution >= 4 is 11.6 Å². The molecule has 44 heavy (non-hydrogen) atoms. The zero-order valence-corrected chi connectivity index (χ0v) is 28.4. The first-order chi connectivity index (χ1) is 20.5. The lowest BCUT2D eigenvalue weighted by Crippen LogP contribution is -2.35. The Morgan fingerprint density at radius 2 is 0.864 bits per heavy atom. The van der Waals surface area contributed by atoms with Gasteiger partial charge in [-0.15, -0.1) is 0 Å². The summed E-state index contributed by atoms with van der Waals surface area (Å²) in [5, 5.41) is 20.0. The minimum Gasteiger partial charge on any atom is -0.385 e. The predicted molar refractivity (Wildman–Crippen MR) is 185 cm³/mol. The number of hydrogen-bond acceptors (Lipinski definition) is 4. The normalized spacial score (nSPS) is 24.5. The van der Waals surface area contributed by atoms with Crippen molar-refractivity contribution in [2.45, 2.75) is 94.3 Å². The molecule has 2 aliphatic rings. The summed E-state index contributed by atoms with van der Waals surface area (Å²) in [7, 11) is 0. The van der Waals surface area contributed by atoms with Gasteiger partial charge in [-0.3, -0.25) is 9.59 Å². The molecule has 0 aromatic rings. The van der Waals surface area contributed by atoms with Gasteiger partial charge in [-0.1, -0.05) is 135 Å². The third kappa shape index (κ3) is 10.5. The number of rotatable bonds is 10. The second-order valence-electron chi connectivity index (χ2n) is 13.4. The highest BCUT2D eigenvalue weighted by atomic mass is 16.3. The molecule has 4 heteroatoms. The summed E-state index contributed by atoms with van der Waals surface area (Å²) in [5.41, 5.74) is 7.16. The lowest BCUT2D eigenvalue weighted by molar-refractivity contribution is -0.126. The highest BCUT2D eigenvalue weighted by Crippen LogP contribution is 2.40. The SMILES string of the molecule is CC1=C(/C=C/C(C)=C/C=C/C(C)=C\C=C\C=C(C)\C=C\C=C(C)\C=C\C2=C(C)C(=O)C(O)CC2(C)C)C(C)(C)CC(O)C1=O. The van der Waals surface area contributed by atoms with Crippen molar-refractivity contribution in [1.29, 1.82) is 0 Å². The van der Waals surface area contributed by atoms with Crippen LogP contribution in [0.2, 0.25) is 0 Å². The molecule has 0 aliphatic heterocycles. The first-order valence-electron chi connectivity index (χ1n) is 15.4. The van der Waals surface area contributed by atoms with Gasteiger partial charge in [0.15, 0.2) is 11.6 Å². The van der Waals surface area contributed by atoms with Gasteiger partial charge >= 0.3 is 0 Å². The van der Waals surface area contributed by atoms with E-state index in [4.69, 9.17) is 0 Å². The van der Waals surface area contributed by atoms with Crippen molar-refractivity contribution in [2.75, 3.05) is 0 Å². The number of aliphatic hydroxyl groups is 2. The number of carbonyl (C=O) groups excluding carboxylic acids is 2. The van der Waals surface area contributed by atoms with Crippen LogP contribution < -0.4 is 0 Å². The van der Waals surface area contributed by atoms with E-state index in [1.54, 1.807) is 13.8 Å². The molecule has 0 fully saturated rings. The third-order valence-corrected chi connectivity index (χ3v) is 8.31. The highest BCUT2D eigenvalue weighted by molar-refractivity contribution is 6.01.